The summed E-state index contributed by atoms with van der Waals surface area (Å²) in [5, 5.41) is 2.76. The molecule has 2 aliphatic carbocycles. The van der Waals surface area contributed by atoms with Crippen LogP contribution in [-0.2, 0) is 18.3 Å². The maximum absolute atomic E-state index is 2.54. The summed E-state index contributed by atoms with van der Waals surface area (Å²) in [6.07, 6.45) is 4.51. The van der Waals surface area contributed by atoms with Crippen LogP contribution in [0.15, 0.2) is 164 Å². The molecular weight excluding hydrogens is 661 g/mol. The van der Waals surface area contributed by atoms with E-state index >= 15 is 0 Å². The molecule has 0 fully saturated rings. The highest BCUT2D eigenvalue weighted by atomic mass is 32.1. The first-order valence-corrected chi connectivity index (χ1v) is 19.9. The predicted molar refractivity (Wildman–Crippen MR) is 227 cm³/mol. The average molecular weight is 703 g/mol. The minimum absolute atomic E-state index is 0.00221. The van der Waals surface area contributed by atoms with Crippen molar-refractivity contribution in [2.45, 2.75) is 50.9 Å². The standard InChI is InChI=1S/C50H42N2S/c1-34(2)43-19-12-20-48-49(43)44-31-40(25-26-47(44)53-48)52(39-17-10-5-11-18-39)42-24-22-36-28-30-50(46(36)33-42)29-27-35-21-23-41(32-45(35)50)51(37-13-6-3-7-14-37)38-15-8-4-9-16-38/h3-26,31-34H,27-30H2,1-2H3/t50-/m1/s1. The lowest BCUT2D eigenvalue weighted by Gasteiger charge is -2.31. The van der Waals surface area contributed by atoms with Crippen LogP contribution in [0.2, 0.25) is 0 Å². The Morgan fingerprint density at radius 2 is 0.962 bits per heavy atom. The number of fused-ring (bicyclic) bond motifs is 7. The van der Waals surface area contributed by atoms with Crippen molar-refractivity contribution in [3.05, 3.63) is 192 Å². The molecule has 1 heterocycles. The second-order valence-electron chi connectivity index (χ2n) is 15.1. The van der Waals surface area contributed by atoms with Crippen LogP contribution in [0.5, 0.6) is 0 Å². The molecule has 7 aromatic carbocycles. The normalized spacial score (nSPS) is 16.1. The van der Waals surface area contributed by atoms with Crippen molar-refractivity contribution in [1.82, 2.24) is 0 Å². The van der Waals surface area contributed by atoms with Crippen molar-refractivity contribution < 1.29 is 0 Å². The van der Waals surface area contributed by atoms with E-state index in [1.165, 1.54) is 82.1 Å². The van der Waals surface area contributed by atoms with Gasteiger partial charge in [0.05, 0.1) is 0 Å². The van der Waals surface area contributed by atoms with Crippen molar-refractivity contribution in [1.29, 1.82) is 0 Å². The zero-order valence-electron chi connectivity index (χ0n) is 30.3. The van der Waals surface area contributed by atoms with E-state index in [1.807, 2.05) is 11.3 Å². The molecule has 2 aliphatic rings. The van der Waals surface area contributed by atoms with Crippen LogP contribution in [0, 0.1) is 0 Å². The third kappa shape index (κ3) is 5.29. The highest BCUT2D eigenvalue weighted by molar-refractivity contribution is 7.25. The first-order valence-electron chi connectivity index (χ1n) is 19.0. The predicted octanol–water partition coefficient (Wildman–Crippen LogP) is 14.3. The summed E-state index contributed by atoms with van der Waals surface area (Å²) in [4.78, 5) is 4.89. The lowest BCUT2D eigenvalue weighted by atomic mass is 9.76. The summed E-state index contributed by atoms with van der Waals surface area (Å²) in [7, 11) is 0. The molecule has 3 heteroatoms. The van der Waals surface area contributed by atoms with Gasteiger partial charge in [-0.05, 0) is 144 Å². The van der Waals surface area contributed by atoms with Gasteiger partial charge in [0, 0.05) is 59.7 Å². The molecule has 2 nitrogen and oxygen atoms in total. The Hall–Kier alpha value is -5.64. The number of para-hydroxylation sites is 3. The third-order valence-corrected chi connectivity index (χ3v) is 12.9. The molecule has 0 unspecified atom stereocenters. The molecule has 1 atom stereocenters. The fourth-order valence-corrected chi connectivity index (χ4v) is 10.4. The van der Waals surface area contributed by atoms with Gasteiger partial charge in [-0.2, -0.15) is 0 Å². The fraction of sp³-hybridized carbons (Fsp3) is 0.160. The van der Waals surface area contributed by atoms with Gasteiger partial charge in [-0.15, -0.1) is 11.3 Å². The molecule has 1 spiro atoms. The Balaban J connectivity index is 1.11. The van der Waals surface area contributed by atoms with Crippen molar-refractivity contribution in [3.8, 4) is 0 Å². The number of aryl methyl sites for hydroxylation is 2. The van der Waals surface area contributed by atoms with Crippen LogP contribution < -0.4 is 9.80 Å². The molecule has 0 bridgehead atoms. The number of thiophene rings is 1. The Bertz CT molecular complexity index is 2560. The highest BCUT2D eigenvalue weighted by Gasteiger charge is 2.45. The van der Waals surface area contributed by atoms with E-state index in [1.54, 1.807) is 0 Å². The van der Waals surface area contributed by atoms with Crippen molar-refractivity contribution in [3.63, 3.8) is 0 Å². The van der Waals surface area contributed by atoms with Crippen LogP contribution in [0.1, 0.15) is 60.4 Å². The molecule has 0 aliphatic heterocycles. The smallest absolute Gasteiger partial charge is 0.0468 e. The Morgan fingerprint density at radius 3 is 1.49 bits per heavy atom. The second-order valence-corrected chi connectivity index (χ2v) is 16.2. The number of benzene rings is 7. The molecule has 258 valence electrons. The lowest BCUT2D eigenvalue weighted by Crippen LogP contribution is -2.22. The summed E-state index contributed by atoms with van der Waals surface area (Å²) in [6, 6.07) is 61.0. The zero-order chi connectivity index (χ0) is 35.5. The van der Waals surface area contributed by atoms with E-state index in [2.05, 4.69) is 187 Å². The van der Waals surface area contributed by atoms with E-state index in [9.17, 15) is 0 Å². The topological polar surface area (TPSA) is 6.48 Å². The van der Waals surface area contributed by atoms with E-state index in [4.69, 9.17) is 0 Å². The summed E-state index contributed by atoms with van der Waals surface area (Å²) < 4.78 is 2.71. The summed E-state index contributed by atoms with van der Waals surface area (Å²) >= 11 is 1.91. The fourth-order valence-electron chi connectivity index (χ4n) is 9.33. The molecule has 0 radical (unpaired) electrons. The van der Waals surface area contributed by atoms with Crippen LogP contribution in [0.4, 0.5) is 34.1 Å². The Kier molecular flexibility index (Phi) is 7.73. The number of hydrogen-bond donors (Lipinski definition) is 0. The highest BCUT2D eigenvalue weighted by Crippen LogP contribution is 2.55. The molecule has 0 saturated heterocycles. The van der Waals surface area contributed by atoms with Gasteiger partial charge in [0.15, 0.2) is 0 Å². The summed E-state index contributed by atoms with van der Waals surface area (Å²) in [6.45, 7) is 4.62. The Labute approximate surface area is 316 Å². The quantitative estimate of drug-likeness (QED) is 0.163. The lowest BCUT2D eigenvalue weighted by molar-refractivity contribution is 0.507. The van der Waals surface area contributed by atoms with Gasteiger partial charge in [-0.1, -0.05) is 92.7 Å². The molecule has 53 heavy (non-hydrogen) atoms. The SMILES string of the molecule is CC(C)c1cccc2sc3ccc(N(c4ccccc4)c4ccc5c(c4)[C@]4(CCc6ccc(N(c7ccccc7)c7ccccc7)cc64)CC5)cc3c12. The molecule has 0 amide bonds. The van der Waals surface area contributed by atoms with E-state index < -0.39 is 0 Å². The molecule has 0 N–H and O–H groups in total. The summed E-state index contributed by atoms with van der Waals surface area (Å²) in [5.41, 5.74) is 14.6. The maximum Gasteiger partial charge on any atom is 0.0468 e. The van der Waals surface area contributed by atoms with Crippen LogP contribution in [-0.4, -0.2) is 0 Å². The van der Waals surface area contributed by atoms with Crippen molar-refractivity contribution in [2.75, 3.05) is 9.80 Å². The van der Waals surface area contributed by atoms with Gasteiger partial charge in [-0.3, -0.25) is 0 Å². The van der Waals surface area contributed by atoms with E-state index in [0.717, 1.165) is 25.7 Å². The number of hydrogen-bond acceptors (Lipinski definition) is 3. The van der Waals surface area contributed by atoms with Crippen LogP contribution >= 0.6 is 11.3 Å². The van der Waals surface area contributed by atoms with Crippen LogP contribution in [0.25, 0.3) is 20.2 Å². The van der Waals surface area contributed by atoms with Crippen molar-refractivity contribution in [2.24, 2.45) is 0 Å². The van der Waals surface area contributed by atoms with Gasteiger partial charge >= 0.3 is 0 Å². The number of anilines is 6. The van der Waals surface area contributed by atoms with Gasteiger partial charge in [0.25, 0.3) is 0 Å². The third-order valence-electron chi connectivity index (χ3n) is 11.8. The molecular formula is C50H42N2S. The summed E-state index contributed by atoms with van der Waals surface area (Å²) in [5.74, 6) is 0.459. The van der Waals surface area contributed by atoms with Crippen molar-refractivity contribution >= 4 is 65.6 Å². The average Bonchev–Trinajstić information content (AvgIpc) is 3.89. The minimum atomic E-state index is -0.00221. The first-order chi connectivity index (χ1) is 26.1. The van der Waals surface area contributed by atoms with E-state index in [0.29, 0.717) is 5.92 Å². The minimum Gasteiger partial charge on any atom is -0.310 e. The molecule has 1 aromatic heterocycles. The number of nitrogens with zero attached hydrogens (tertiary/aromatic N) is 2. The second kappa shape index (κ2) is 12.8. The van der Waals surface area contributed by atoms with Gasteiger partial charge in [-0.25, -0.2) is 0 Å². The molecule has 10 rings (SSSR count). The molecule has 8 aromatic rings. The maximum atomic E-state index is 2.54. The largest absolute Gasteiger partial charge is 0.310 e. The monoisotopic (exact) mass is 702 g/mol. The Morgan fingerprint density at radius 1 is 0.472 bits per heavy atom. The van der Waals surface area contributed by atoms with Crippen LogP contribution in [0.3, 0.4) is 0 Å². The van der Waals surface area contributed by atoms with Gasteiger partial charge in [0.1, 0.15) is 0 Å². The van der Waals surface area contributed by atoms with E-state index in [-0.39, 0.29) is 5.41 Å². The number of rotatable bonds is 7. The first kappa shape index (κ1) is 32.0. The van der Waals surface area contributed by atoms with Gasteiger partial charge in [0.2, 0.25) is 0 Å². The molecule has 0 saturated carbocycles. The zero-order valence-corrected chi connectivity index (χ0v) is 31.1. The van der Waals surface area contributed by atoms with Gasteiger partial charge < -0.3 is 9.80 Å².